The number of likely N-dealkylation sites (tertiary alicyclic amines) is 1. The summed E-state index contributed by atoms with van der Waals surface area (Å²) in [5.41, 5.74) is 4.99. The highest BCUT2D eigenvalue weighted by atomic mass is 32.1. The van der Waals surface area contributed by atoms with Gasteiger partial charge in [0.05, 0.1) is 27.9 Å². The first-order chi connectivity index (χ1) is 20.3. The molecule has 0 unspecified atom stereocenters. The number of β-amino-alcohol motifs (C(OH)–C–C–N with tert-alkyl or cyclic N) is 1. The number of thiazole rings is 1. The third-order valence-corrected chi connectivity index (χ3v) is 8.61. The molecule has 3 N–H and O–H groups in total. The van der Waals surface area contributed by atoms with Crippen LogP contribution in [-0.2, 0) is 27.3 Å². The van der Waals surface area contributed by atoms with Gasteiger partial charge in [0.2, 0.25) is 17.7 Å². The van der Waals surface area contributed by atoms with Crippen LogP contribution < -0.4 is 10.6 Å². The van der Waals surface area contributed by atoms with Crippen molar-refractivity contribution in [1.29, 1.82) is 0 Å². The van der Waals surface area contributed by atoms with Gasteiger partial charge >= 0.3 is 0 Å². The van der Waals surface area contributed by atoms with E-state index in [9.17, 15) is 19.5 Å². The zero-order valence-electron chi connectivity index (χ0n) is 25.8. The normalized spacial score (nSPS) is 17.7. The van der Waals surface area contributed by atoms with Crippen molar-refractivity contribution in [2.45, 2.75) is 98.0 Å². The number of aromatic nitrogens is 4. The number of hydrogen-bond donors (Lipinski definition) is 3. The molecule has 1 aliphatic heterocycles. The van der Waals surface area contributed by atoms with Gasteiger partial charge in [0.15, 0.2) is 0 Å². The first-order valence-electron chi connectivity index (χ1n) is 14.8. The molecule has 0 saturated carbocycles. The number of carbonyl (C=O) groups is 3. The molecule has 0 aliphatic carbocycles. The maximum atomic E-state index is 13.8. The third kappa shape index (κ3) is 8.26. The molecule has 1 saturated heterocycles. The van der Waals surface area contributed by atoms with E-state index in [1.807, 2.05) is 77.5 Å². The van der Waals surface area contributed by atoms with Crippen molar-refractivity contribution in [2.24, 2.45) is 5.41 Å². The summed E-state index contributed by atoms with van der Waals surface area (Å²) in [6.45, 7) is 12.0. The molecule has 0 radical (unpaired) electrons. The molecular weight excluding hydrogens is 566 g/mol. The highest BCUT2D eigenvalue weighted by Gasteiger charge is 2.44. The van der Waals surface area contributed by atoms with Crippen molar-refractivity contribution in [2.75, 3.05) is 6.54 Å². The van der Waals surface area contributed by atoms with E-state index >= 15 is 0 Å². The van der Waals surface area contributed by atoms with E-state index in [1.54, 1.807) is 16.0 Å². The van der Waals surface area contributed by atoms with Crippen LogP contribution in [0.4, 0.5) is 0 Å². The lowest BCUT2D eigenvalue weighted by atomic mass is 9.85. The zero-order chi connectivity index (χ0) is 31.3. The number of nitrogens with one attached hydrogen (secondary N) is 2. The lowest BCUT2D eigenvalue weighted by Crippen LogP contribution is -2.57. The first-order valence-corrected chi connectivity index (χ1v) is 15.7. The molecule has 1 aromatic carbocycles. The van der Waals surface area contributed by atoms with Crippen LogP contribution in [0.3, 0.4) is 0 Å². The molecule has 3 aromatic rings. The molecule has 0 spiro atoms. The van der Waals surface area contributed by atoms with Crippen LogP contribution in [0.25, 0.3) is 10.4 Å². The van der Waals surface area contributed by atoms with Gasteiger partial charge in [0.1, 0.15) is 12.1 Å². The van der Waals surface area contributed by atoms with Crippen molar-refractivity contribution >= 4 is 29.1 Å². The lowest BCUT2D eigenvalue weighted by Gasteiger charge is -2.35. The van der Waals surface area contributed by atoms with Gasteiger partial charge in [-0.25, -0.2) is 9.67 Å². The molecule has 0 bridgehead atoms. The molecule has 1 aliphatic rings. The number of rotatable bonds is 11. The fraction of sp³-hybridized carbons (Fsp3) is 0.548. The van der Waals surface area contributed by atoms with Gasteiger partial charge in [-0.2, -0.15) is 0 Å². The minimum atomic E-state index is -0.856. The summed E-state index contributed by atoms with van der Waals surface area (Å²) >= 11 is 1.58. The first kappa shape index (κ1) is 32.3. The van der Waals surface area contributed by atoms with E-state index in [-0.39, 0.29) is 43.1 Å². The molecule has 3 heterocycles. The highest BCUT2D eigenvalue weighted by molar-refractivity contribution is 7.13. The van der Waals surface area contributed by atoms with E-state index in [4.69, 9.17) is 0 Å². The van der Waals surface area contributed by atoms with Crippen LogP contribution in [0.5, 0.6) is 0 Å². The number of aryl methyl sites for hydroxylation is 2. The third-order valence-electron chi connectivity index (χ3n) is 7.63. The number of aliphatic hydroxyl groups is 1. The molecule has 43 heavy (non-hydrogen) atoms. The lowest BCUT2D eigenvalue weighted by molar-refractivity contribution is -0.144. The predicted octanol–water partition coefficient (Wildman–Crippen LogP) is 3.42. The van der Waals surface area contributed by atoms with Crippen molar-refractivity contribution in [3.8, 4) is 10.4 Å². The summed E-state index contributed by atoms with van der Waals surface area (Å²) in [7, 11) is 0. The van der Waals surface area contributed by atoms with Crippen LogP contribution >= 0.6 is 11.3 Å². The summed E-state index contributed by atoms with van der Waals surface area (Å²) in [4.78, 5) is 46.8. The molecule has 11 nitrogen and oxygen atoms in total. The molecule has 232 valence electrons. The number of benzene rings is 1. The van der Waals surface area contributed by atoms with Gasteiger partial charge in [-0.05, 0) is 50.2 Å². The number of hydrogen-bond acceptors (Lipinski definition) is 8. The second-order valence-corrected chi connectivity index (χ2v) is 13.4. The molecule has 3 atom stereocenters. The Balaban J connectivity index is 1.34. The molecule has 2 aromatic heterocycles. The molecule has 3 amide bonds. The minimum Gasteiger partial charge on any atom is -0.391 e. The quantitative estimate of drug-likeness (QED) is 0.302. The maximum Gasteiger partial charge on any atom is 0.246 e. The SMILES string of the molecule is Cc1ncsc1-c1ccc(CNC(=O)[C@@H]2C[C@@H](O)CN2C(=O)[C@@H](NC(=O)CCCc2cn(C(C)C)nn2)C(C)(C)C)cc1. The Kier molecular flexibility index (Phi) is 10.3. The molecule has 4 rings (SSSR count). The average molecular weight is 610 g/mol. The van der Waals surface area contributed by atoms with Crippen LogP contribution in [0.2, 0.25) is 0 Å². The van der Waals surface area contributed by atoms with Gasteiger partial charge in [-0.15, -0.1) is 16.4 Å². The van der Waals surface area contributed by atoms with E-state index in [2.05, 4.69) is 25.9 Å². The standard InChI is InChI=1S/C31H43N7O4S/c1-19(2)38-16-23(35-36-38)8-7-9-26(40)34-28(31(4,5)6)30(42)37-17-24(39)14-25(37)29(41)32-15-21-10-12-22(13-11-21)27-20(3)33-18-43-27/h10-13,16,18-19,24-25,28,39H,7-9,14-15,17H2,1-6H3,(H,32,41)(H,34,40)/t24-,25+,28-/m1/s1. The van der Waals surface area contributed by atoms with Crippen LogP contribution in [0, 0.1) is 12.3 Å². The van der Waals surface area contributed by atoms with Crippen LogP contribution in [0.1, 0.15) is 76.9 Å². The van der Waals surface area contributed by atoms with E-state index in [0.29, 0.717) is 19.4 Å². The van der Waals surface area contributed by atoms with E-state index in [0.717, 1.165) is 27.4 Å². The Bertz CT molecular complexity index is 1410. The predicted molar refractivity (Wildman–Crippen MR) is 165 cm³/mol. The monoisotopic (exact) mass is 609 g/mol. The van der Waals surface area contributed by atoms with Gasteiger partial charge < -0.3 is 20.6 Å². The molecular formula is C31H43N7O4S. The van der Waals surface area contributed by atoms with E-state index < -0.39 is 23.6 Å². The van der Waals surface area contributed by atoms with Gasteiger partial charge in [0.25, 0.3) is 0 Å². The van der Waals surface area contributed by atoms with Gasteiger partial charge in [-0.1, -0.05) is 50.3 Å². The Morgan fingerprint density at radius 1 is 1.16 bits per heavy atom. The molecule has 12 heteroatoms. The van der Waals surface area contributed by atoms with Crippen molar-refractivity contribution in [3.63, 3.8) is 0 Å². The number of aliphatic hydroxyl groups excluding tert-OH is 1. The number of amides is 3. The summed E-state index contributed by atoms with van der Waals surface area (Å²) in [6, 6.07) is 6.45. The van der Waals surface area contributed by atoms with Gasteiger partial charge in [0, 0.05) is 38.2 Å². The van der Waals surface area contributed by atoms with Crippen molar-refractivity contribution in [3.05, 3.63) is 52.9 Å². The largest absolute Gasteiger partial charge is 0.391 e. The van der Waals surface area contributed by atoms with E-state index in [1.165, 1.54) is 4.90 Å². The maximum absolute atomic E-state index is 13.8. The fourth-order valence-corrected chi connectivity index (χ4v) is 5.94. The second kappa shape index (κ2) is 13.8. The topological polar surface area (TPSA) is 142 Å². The van der Waals surface area contributed by atoms with Crippen molar-refractivity contribution < 1.29 is 19.5 Å². The van der Waals surface area contributed by atoms with Crippen LogP contribution in [-0.4, -0.2) is 72.4 Å². The summed E-state index contributed by atoms with van der Waals surface area (Å²) in [6.07, 6.45) is 2.59. The zero-order valence-corrected chi connectivity index (χ0v) is 26.6. The number of nitrogens with zero attached hydrogens (tertiary/aromatic N) is 5. The fourth-order valence-electron chi connectivity index (χ4n) is 5.12. The van der Waals surface area contributed by atoms with Crippen LogP contribution in [0.15, 0.2) is 36.0 Å². The smallest absolute Gasteiger partial charge is 0.246 e. The number of carbonyl (C=O) groups excluding carboxylic acids is 3. The summed E-state index contributed by atoms with van der Waals surface area (Å²) in [5.74, 6) is -0.954. The summed E-state index contributed by atoms with van der Waals surface area (Å²) in [5, 5.41) is 24.5. The summed E-state index contributed by atoms with van der Waals surface area (Å²) < 4.78 is 1.78. The highest BCUT2D eigenvalue weighted by Crippen LogP contribution is 2.28. The Labute approximate surface area is 257 Å². The minimum absolute atomic E-state index is 0.0355. The Morgan fingerprint density at radius 3 is 2.49 bits per heavy atom. The average Bonchev–Trinajstić information content (AvgIpc) is 3.70. The van der Waals surface area contributed by atoms with Crippen molar-refractivity contribution in [1.82, 2.24) is 35.5 Å². The Morgan fingerprint density at radius 2 is 1.88 bits per heavy atom. The molecule has 1 fully saturated rings. The van der Waals surface area contributed by atoms with Gasteiger partial charge in [-0.3, -0.25) is 14.4 Å². The second-order valence-electron chi connectivity index (χ2n) is 12.6. The Hall–Kier alpha value is -3.64.